The number of nitrogens with zero attached hydrogens (tertiary/aromatic N) is 1. The highest BCUT2D eigenvalue weighted by atomic mass is 79.9. The van der Waals surface area contributed by atoms with Crippen LogP contribution in [0.1, 0.15) is 11.1 Å². The number of nitrogens with one attached hydrogen (secondary N) is 1. The van der Waals surface area contributed by atoms with Crippen molar-refractivity contribution in [1.29, 1.82) is 5.26 Å². The molecule has 0 spiro atoms. The number of amides is 1. The fourth-order valence-corrected chi connectivity index (χ4v) is 2.43. The SMILES string of the molecule is COc1ccc(C)cc1NC(=O)/C(C#N)=C/c1ccc(O)c(Br)c1. The third-order valence-electron chi connectivity index (χ3n) is 3.25. The van der Waals surface area contributed by atoms with Crippen LogP contribution < -0.4 is 10.1 Å². The molecule has 6 heteroatoms. The summed E-state index contributed by atoms with van der Waals surface area (Å²) in [6.07, 6.45) is 1.45. The first kappa shape index (κ1) is 17.6. The number of phenols is 1. The fraction of sp³-hybridized carbons (Fsp3) is 0.111. The number of rotatable bonds is 4. The summed E-state index contributed by atoms with van der Waals surface area (Å²) in [6.45, 7) is 1.89. The Bertz CT molecular complexity index is 854. The Morgan fingerprint density at radius 2 is 2.08 bits per heavy atom. The Morgan fingerprint density at radius 3 is 2.71 bits per heavy atom. The fourth-order valence-electron chi connectivity index (χ4n) is 2.04. The topological polar surface area (TPSA) is 82.3 Å². The molecule has 0 radical (unpaired) electrons. The third kappa shape index (κ3) is 4.15. The zero-order valence-corrected chi connectivity index (χ0v) is 14.7. The highest BCUT2D eigenvalue weighted by Crippen LogP contribution is 2.27. The van der Waals surface area contributed by atoms with E-state index in [1.807, 2.05) is 19.1 Å². The largest absolute Gasteiger partial charge is 0.507 e. The van der Waals surface area contributed by atoms with E-state index in [0.29, 0.717) is 21.5 Å². The lowest BCUT2D eigenvalue weighted by molar-refractivity contribution is -0.112. The molecule has 0 heterocycles. The van der Waals surface area contributed by atoms with Gasteiger partial charge < -0.3 is 15.2 Å². The van der Waals surface area contributed by atoms with Gasteiger partial charge in [-0.3, -0.25) is 4.79 Å². The van der Waals surface area contributed by atoms with Crippen LogP contribution >= 0.6 is 15.9 Å². The molecule has 0 unspecified atom stereocenters. The molecule has 0 fully saturated rings. The summed E-state index contributed by atoms with van der Waals surface area (Å²) in [6, 6.07) is 12.0. The first-order valence-electron chi connectivity index (χ1n) is 7.01. The number of phenolic OH excluding ortho intramolecular Hbond substituents is 1. The predicted molar refractivity (Wildman–Crippen MR) is 95.8 cm³/mol. The molecular formula is C18H15BrN2O3. The van der Waals surface area contributed by atoms with E-state index in [-0.39, 0.29) is 11.3 Å². The van der Waals surface area contributed by atoms with Gasteiger partial charge in [-0.15, -0.1) is 0 Å². The molecule has 0 aliphatic heterocycles. The van der Waals surface area contributed by atoms with Crippen LogP contribution in [0.2, 0.25) is 0 Å². The molecule has 122 valence electrons. The average molecular weight is 387 g/mol. The van der Waals surface area contributed by atoms with Crippen molar-refractivity contribution in [2.24, 2.45) is 0 Å². The molecule has 0 aliphatic rings. The number of hydrogen-bond acceptors (Lipinski definition) is 4. The van der Waals surface area contributed by atoms with Crippen molar-refractivity contribution in [3.8, 4) is 17.6 Å². The summed E-state index contributed by atoms with van der Waals surface area (Å²) in [5.41, 5.74) is 2.00. The summed E-state index contributed by atoms with van der Waals surface area (Å²) < 4.78 is 5.69. The van der Waals surface area contributed by atoms with Gasteiger partial charge in [0.1, 0.15) is 23.1 Å². The molecule has 2 rings (SSSR count). The average Bonchev–Trinajstić information content (AvgIpc) is 2.56. The van der Waals surface area contributed by atoms with Gasteiger partial charge >= 0.3 is 0 Å². The molecule has 0 saturated carbocycles. The molecule has 2 aromatic rings. The highest BCUT2D eigenvalue weighted by Gasteiger charge is 2.13. The van der Waals surface area contributed by atoms with E-state index in [9.17, 15) is 15.2 Å². The summed E-state index contributed by atoms with van der Waals surface area (Å²) in [5.74, 6) is 0.0591. The zero-order chi connectivity index (χ0) is 17.7. The molecular weight excluding hydrogens is 372 g/mol. The van der Waals surface area contributed by atoms with E-state index in [1.165, 1.54) is 19.3 Å². The lowest BCUT2D eigenvalue weighted by Crippen LogP contribution is -2.14. The van der Waals surface area contributed by atoms with Crippen molar-refractivity contribution >= 4 is 33.6 Å². The van der Waals surface area contributed by atoms with Gasteiger partial charge in [0.15, 0.2) is 0 Å². The normalized spacial score (nSPS) is 10.8. The number of anilines is 1. The second-order valence-corrected chi connectivity index (χ2v) is 5.89. The molecule has 1 amide bonds. The van der Waals surface area contributed by atoms with Gasteiger partial charge in [-0.25, -0.2) is 0 Å². The third-order valence-corrected chi connectivity index (χ3v) is 3.89. The van der Waals surface area contributed by atoms with Crippen molar-refractivity contribution in [3.63, 3.8) is 0 Å². The number of carbonyl (C=O) groups excluding carboxylic acids is 1. The van der Waals surface area contributed by atoms with Gasteiger partial charge in [0.05, 0.1) is 17.3 Å². The van der Waals surface area contributed by atoms with Crippen LogP contribution in [0.15, 0.2) is 46.4 Å². The number of ether oxygens (including phenoxy) is 1. The Labute approximate surface area is 148 Å². The minimum atomic E-state index is -0.536. The van der Waals surface area contributed by atoms with Gasteiger partial charge in [0, 0.05) is 0 Å². The standard InChI is InChI=1S/C18H15BrN2O3/c1-11-3-6-17(24-2)15(7-11)21-18(23)13(10-20)8-12-4-5-16(22)14(19)9-12/h3-9,22H,1-2H3,(H,21,23)/b13-8+. The second-order valence-electron chi connectivity index (χ2n) is 5.04. The summed E-state index contributed by atoms with van der Waals surface area (Å²) in [4.78, 5) is 12.4. The predicted octanol–water partition coefficient (Wildman–Crippen LogP) is 4.02. The summed E-state index contributed by atoms with van der Waals surface area (Å²) in [5, 5.41) is 21.4. The van der Waals surface area contributed by atoms with Crippen molar-refractivity contribution in [1.82, 2.24) is 0 Å². The maximum atomic E-state index is 12.4. The minimum Gasteiger partial charge on any atom is -0.507 e. The lowest BCUT2D eigenvalue weighted by Gasteiger charge is -2.10. The van der Waals surface area contributed by atoms with Gasteiger partial charge in [-0.05, 0) is 64.3 Å². The molecule has 2 aromatic carbocycles. The van der Waals surface area contributed by atoms with Crippen LogP contribution in [0, 0.1) is 18.3 Å². The zero-order valence-electron chi connectivity index (χ0n) is 13.1. The van der Waals surface area contributed by atoms with Crippen LogP contribution in [0.5, 0.6) is 11.5 Å². The number of benzene rings is 2. The highest BCUT2D eigenvalue weighted by molar-refractivity contribution is 9.10. The molecule has 0 aliphatic carbocycles. The maximum absolute atomic E-state index is 12.4. The van der Waals surface area contributed by atoms with Crippen molar-refractivity contribution < 1.29 is 14.6 Å². The molecule has 5 nitrogen and oxygen atoms in total. The molecule has 24 heavy (non-hydrogen) atoms. The minimum absolute atomic E-state index is 0.0591. The van der Waals surface area contributed by atoms with Gasteiger partial charge in [-0.1, -0.05) is 12.1 Å². The second kappa shape index (κ2) is 7.66. The molecule has 0 atom stereocenters. The Hall–Kier alpha value is -2.78. The van der Waals surface area contributed by atoms with Crippen molar-refractivity contribution in [2.75, 3.05) is 12.4 Å². The summed E-state index contributed by atoms with van der Waals surface area (Å²) >= 11 is 3.20. The van der Waals surface area contributed by atoms with Crippen LogP contribution in [0.25, 0.3) is 6.08 Å². The van der Waals surface area contributed by atoms with Crippen molar-refractivity contribution in [2.45, 2.75) is 6.92 Å². The van der Waals surface area contributed by atoms with E-state index < -0.39 is 5.91 Å². The first-order valence-corrected chi connectivity index (χ1v) is 7.80. The summed E-state index contributed by atoms with van der Waals surface area (Å²) in [7, 11) is 1.51. The number of aryl methyl sites for hydroxylation is 1. The number of halogens is 1. The van der Waals surface area contributed by atoms with E-state index in [4.69, 9.17) is 4.74 Å². The Morgan fingerprint density at radius 1 is 1.33 bits per heavy atom. The molecule has 2 N–H and O–H groups in total. The number of nitriles is 1. The van der Waals surface area contributed by atoms with Gasteiger partial charge in [0.2, 0.25) is 0 Å². The van der Waals surface area contributed by atoms with Crippen LogP contribution in [0.4, 0.5) is 5.69 Å². The molecule has 0 saturated heterocycles. The van der Waals surface area contributed by atoms with E-state index in [2.05, 4.69) is 21.2 Å². The quantitative estimate of drug-likeness (QED) is 0.613. The molecule has 0 aromatic heterocycles. The maximum Gasteiger partial charge on any atom is 0.266 e. The monoisotopic (exact) mass is 386 g/mol. The number of hydrogen-bond donors (Lipinski definition) is 2. The number of methoxy groups -OCH3 is 1. The van der Waals surface area contributed by atoms with Gasteiger partial charge in [-0.2, -0.15) is 5.26 Å². The van der Waals surface area contributed by atoms with E-state index in [0.717, 1.165) is 5.56 Å². The smallest absolute Gasteiger partial charge is 0.266 e. The Balaban J connectivity index is 2.29. The molecule has 0 bridgehead atoms. The Kier molecular flexibility index (Phi) is 5.61. The lowest BCUT2D eigenvalue weighted by atomic mass is 10.1. The number of aromatic hydroxyl groups is 1. The van der Waals surface area contributed by atoms with Crippen LogP contribution in [-0.2, 0) is 4.79 Å². The van der Waals surface area contributed by atoms with E-state index in [1.54, 1.807) is 24.3 Å². The first-order chi connectivity index (χ1) is 11.4. The van der Waals surface area contributed by atoms with Crippen LogP contribution in [0.3, 0.4) is 0 Å². The van der Waals surface area contributed by atoms with Gasteiger partial charge in [0.25, 0.3) is 5.91 Å². The van der Waals surface area contributed by atoms with Crippen LogP contribution in [-0.4, -0.2) is 18.1 Å². The van der Waals surface area contributed by atoms with Crippen molar-refractivity contribution in [3.05, 3.63) is 57.6 Å². The van der Waals surface area contributed by atoms with E-state index >= 15 is 0 Å². The number of carbonyl (C=O) groups is 1.